The van der Waals surface area contributed by atoms with Crippen molar-refractivity contribution in [3.05, 3.63) is 35.9 Å². The van der Waals surface area contributed by atoms with Gasteiger partial charge in [-0.05, 0) is 24.3 Å². The van der Waals surface area contributed by atoms with Crippen LogP contribution in [0.1, 0.15) is 18.4 Å². The molecule has 1 aliphatic heterocycles. The maximum atomic E-state index is 11.9. The first kappa shape index (κ1) is 11.5. The summed E-state index contributed by atoms with van der Waals surface area (Å²) in [6.07, 6.45) is 1.82. The second kappa shape index (κ2) is 4.28. The molecule has 4 heteroatoms. The van der Waals surface area contributed by atoms with Crippen molar-refractivity contribution < 1.29 is 9.53 Å². The van der Waals surface area contributed by atoms with Gasteiger partial charge in [-0.1, -0.05) is 30.3 Å². The van der Waals surface area contributed by atoms with Crippen LogP contribution in [-0.4, -0.2) is 29.6 Å². The molecule has 4 nitrogen and oxygen atoms in total. The Labute approximate surface area is 107 Å². The zero-order valence-corrected chi connectivity index (χ0v) is 10.3. The third-order valence-electron chi connectivity index (χ3n) is 3.98. The lowest BCUT2D eigenvalue weighted by molar-refractivity contribution is 0.0851. The molecule has 2 fully saturated rings. The van der Waals surface area contributed by atoms with Gasteiger partial charge in [0.2, 0.25) is 0 Å². The number of hydrogen-bond donors (Lipinski definition) is 1. The van der Waals surface area contributed by atoms with E-state index in [1.165, 1.54) is 0 Å². The summed E-state index contributed by atoms with van der Waals surface area (Å²) in [4.78, 5) is 13.7. The van der Waals surface area contributed by atoms with Crippen molar-refractivity contribution in [1.29, 1.82) is 0 Å². The average molecular weight is 246 g/mol. The number of likely N-dealkylation sites (tertiary alicyclic amines) is 1. The second-order valence-corrected chi connectivity index (χ2v) is 5.38. The zero-order chi connectivity index (χ0) is 12.6. The first-order chi connectivity index (χ1) is 8.67. The van der Waals surface area contributed by atoms with Crippen LogP contribution in [0.15, 0.2) is 30.3 Å². The van der Waals surface area contributed by atoms with Crippen LogP contribution in [0, 0.1) is 5.92 Å². The highest BCUT2D eigenvalue weighted by Gasteiger charge is 2.54. The van der Waals surface area contributed by atoms with Gasteiger partial charge in [0.15, 0.2) is 0 Å². The number of rotatable bonds is 2. The maximum Gasteiger partial charge on any atom is 0.410 e. The highest BCUT2D eigenvalue weighted by atomic mass is 16.6. The van der Waals surface area contributed by atoms with Crippen molar-refractivity contribution >= 4 is 6.09 Å². The van der Waals surface area contributed by atoms with Crippen molar-refractivity contribution in [2.24, 2.45) is 11.7 Å². The molecular weight excluding hydrogens is 228 g/mol. The van der Waals surface area contributed by atoms with Crippen LogP contribution in [0.3, 0.4) is 0 Å². The molecule has 1 aromatic rings. The fourth-order valence-corrected chi connectivity index (χ4v) is 2.70. The van der Waals surface area contributed by atoms with Crippen molar-refractivity contribution in [1.82, 2.24) is 4.90 Å². The van der Waals surface area contributed by atoms with Crippen molar-refractivity contribution in [3.63, 3.8) is 0 Å². The summed E-state index contributed by atoms with van der Waals surface area (Å²) >= 11 is 0. The number of hydrogen-bond acceptors (Lipinski definition) is 3. The summed E-state index contributed by atoms with van der Waals surface area (Å²) in [5.41, 5.74) is 7.03. The maximum absolute atomic E-state index is 11.9. The molecule has 1 aliphatic carbocycles. The molecule has 0 radical (unpaired) electrons. The minimum atomic E-state index is -0.242. The Kier molecular flexibility index (Phi) is 2.74. The molecule has 1 saturated carbocycles. The Hall–Kier alpha value is -1.55. The number of nitrogens with two attached hydrogens (primary N) is 1. The van der Waals surface area contributed by atoms with E-state index < -0.39 is 0 Å². The summed E-state index contributed by atoms with van der Waals surface area (Å²) in [6, 6.07) is 9.72. The normalized spacial score (nSPS) is 29.6. The SMILES string of the molecule is NC12CC1CCN(C(=O)OCc1ccccc1)C2. The molecule has 0 spiro atoms. The van der Waals surface area contributed by atoms with Crippen LogP contribution in [0.25, 0.3) is 0 Å². The summed E-state index contributed by atoms with van der Waals surface area (Å²) in [6.45, 7) is 1.75. The smallest absolute Gasteiger partial charge is 0.410 e. The van der Waals surface area contributed by atoms with Crippen LogP contribution in [0.5, 0.6) is 0 Å². The lowest BCUT2D eigenvalue weighted by atomic mass is 10.1. The van der Waals surface area contributed by atoms with Gasteiger partial charge in [-0.3, -0.25) is 0 Å². The third-order valence-corrected chi connectivity index (χ3v) is 3.98. The fraction of sp³-hybridized carbons (Fsp3) is 0.500. The Bertz CT molecular complexity index is 448. The van der Waals surface area contributed by atoms with Crippen molar-refractivity contribution in [3.8, 4) is 0 Å². The lowest BCUT2D eigenvalue weighted by Gasteiger charge is -2.29. The molecule has 0 bridgehead atoms. The number of benzene rings is 1. The summed E-state index contributed by atoms with van der Waals surface area (Å²) < 4.78 is 5.31. The molecule has 1 saturated heterocycles. The largest absolute Gasteiger partial charge is 0.445 e. The number of amides is 1. The van der Waals surface area contributed by atoms with Gasteiger partial charge < -0.3 is 15.4 Å². The van der Waals surface area contributed by atoms with E-state index in [1.54, 1.807) is 4.90 Å². The highest BCUT2D eigenvalue weighted by Crippen LogP contribution is 2.47. The molecule has 2 N–H and O–H groups in total. The van der Waals surface area contributed by atoms with E-state index in [0.717, 1.165) is 24.9 Å². The van der Waals surface area contributed by atoms with Gasteiger partial charge in [0.1, 0.15) is 6.61 Å². The van der Waals surface area contributed by atoms with E-state index in [4.69, 9.17) is 10.5 Å². The van der Waals surface area contributed by atoms with Crippen LogP contribution in [0.2, 0.25) is 0 Å². The van der Waals surface area contributed by atoms with Gasteiger partial charge in [-0.25, -0.2) is 4.79 Å². The van der Waals surface area contributed by atoms with E-state index in [1.807, 2.05) is 30.3 Å². The number of carbonyl (C=O) groups is 1. The minimum absolute atomic E-state index is 0.121. The molecule has 2 atom stereocenters. The molecule has 1 heterocycles. The van der Waals surface area contributed by atoms with Gasteiger partial charge in [0.05, 0.1) is 0 Å². The lowest BCUT2D eigenvalue weighted by Crippen LogP contribution is -2.48. The second-order valence-electron chi connectivity index (χ2n) is 5.38. The van der Waals surface area contributed by atoms with E-state index in [2.05, 4.69) is 0 Å². The van der Waals surface area contributed by atoms with Gasteiger partial charge in [-0.2, -0.15) is 0 Å². The first-order valence-corrected chi connectivity index (χ1v) is 6.42. The average Bonchev–Trinajstić information content (AvgIpc) is 3.07. The fourth-order valence-electron chi connectivity index (χ4n) is 2.70. The van der Waals surface area contributed by atoms with Crippen LogP contribution >= 0.6 is 0 Å². The van der Waals surface area contributed by atoms with E-state index in [-0.39, 0.29) is 11.6 Å². The predicted molar refractivity (Wildman–Crippen MR) is 67.8 cm³/mol. The van der Waals surface area contributed by atoms with Crippen LogP contribution in [-0.2, 0) is 11.3 Å². The summed E-state index contributed by atoms with van der Waals surface area (Å²) in [7, 11) is 0. The first-order valence-electron chi connectivity index (χ1n) is 6.42. The van der Waals surface area contributed by atoms with E-state index in [9.17, 15) is 4.79 Å². The van der Waals surface area contributed by atoms with E-state index >= 15 is 0 Å². The van der Waals surface area contributed by atoms with Gasteiger partial charge in [0.25, 0.3) is 0 Å². The van der Waals surface area contributed by atoms with E-state index in [0.29, 0.717) is 19.1 Å². The topological polar surface area (TPSA) is 55.6 Å². The number of nitrogens with zero attached hydrogens (tertiary/aromatic N) is 1. The summed E-state index contributed by atoms with van der Waals surface area (Å²) in [5, 5.41) is 0. The number of fused-ring (bicyclic) bond motifs is 1. The molecule has 18 heavy (non-hydrogen) atoms. The minimum Gasteiger partial charge on any atom is -0.445 e. The molecule has 3 rings (SSSR count). The molecular formula is C14H18N2O2. The Morgan fingerprint density at radius 1 is 1.44 bits per heavy atom. The highest BCUT2D eigenvalue weighted by molar-refractivity contribution is 5.68. The van der Waals surface area contributed by atoms with Crippen LogP contribution in [0.4, 0.5) is 4.79 Å². The quantitative estimate of drug-likeness (QED) is 0.865. The molecule has 96 valence electrons. The molecule has 1 amide bonds. The van der Waals surface area contributed by atoms with Crippen molar-refractivity contribution in [2.45, 2.75) is 25.0 Å². The molecule has 0 aromatic heterocycles. The number of piperidine rings is 1. The third kappa shape index (κ3) is 2.20. The molecule has 2 unspecified atom stereocenters. The zero-order valence-electron chi connectivity index (χ0n) is 10.3. The standard InChI is InChI=1S/C14H18N2O2/c15-14-8-12(14)6-7-16(10-14)13(17)18-9-11-4-2-1-3-5-11/h1-5,12H,6-10,15H2. The number of ether oxygens (including phenoxy) is 1. The monoisotopic (exact) mass is 246 g/mol. The predicted octanol–water partition coefficient (Wildman–Crippen LogP) is 1.75. The molecule has 1 aromatic carbocycles. The molecule has 2 aliphatic rings. The van der Waals surface area contributed by atoms with Gasteiger partial charge in [-0.15, -0.1) is 0 Å². The van der Waals surface area contributed by atoms with Crippen molar-refractivity contribution in [2.75, 3.05) is 13.1 Å². The van der Waals surface area contributed by atoms with Gasteiger partial charge in [0, 0.05) is 18.6 Å². The summed E-state index contributed by atoms with van der Waals surface area (Å²) in [5.74, 6) is 0.621. The Morgan fingerprint density at radius 3 is 2.94 bits per heavy atom. The van der Waals surface area contributed by atoms with Crippen LogP contribution < -0.4 is 5.73 Å². The Morgan fingerprint density at radius 2 is 2.22 bits per heavy atom. The van der Waals surface area contributed by atoms with Gasteiger partial charge >= 0.3 is 6.09 Å². The Balaban J connectivity index is 1.52. The number of carbonyl (C=O) groups excluding carboxylic acids is 1.